The van der Waals surface area contributed by atoms with Crippen LogP contribution in [0.15, 0.2) is 24.3 Å². The summed E-state index contributed by atoms with van der Waals surface area (Å²) in [6.07, 6.45) is 6.76. The fourth-order valence-corrected chi connectivity index (χ4v) is 3.95. The molecule has 0 aromatic heterocycles. The zero-order valence-electron chi connectivity index (χ0n) is 13.5. The second-order valence-electron chi connectivity index (χ2n) is 6.76. The molecule has 3 rings (SSSR count). The van der Waals surface area contributed by atoms with Crippen molar-refractivity contribution >= 4 is 11.6 Å². The summed E-state index contributed by atoms with van der Waals surface area (Å²) in [5.41, 5.74) is 2.58. The van der Waals surface area contributed by atoms with Crippen LogP contribution in [0.5, 0.6) is 0 Å². The molecule has 120 valence electrons. The van der Waals surface area contributed by atoms with Gasteiger partial charge in [-0.05, 0) is 30.5 Å². The quantitative estimate of drug-likeness (QED) is 0.902. The Morgan fingerprint density at radius 2 is 1.95 bits per heavy atom. The normalized spacial score (nSPS) is 21.7. The van der Waals surface area contributed by atoms with E-state index in [9.17, 15) is 4.79 Å². The first-order valence-corrected chi connectivity index (χ1v) is 8.50. The van der Waals surface area contributed by atoms with Gasteiger partial charge < -0.3 is 10.6 Å². The maximum Gasteiger partial charge on any atom is 0.221 e. The third-order valence-electron chi connectivity index (χ3n) is 5.12. The fraction of sp³-hybridized carbons (Fsp3) is 0.611. The molecule has 0 atom stereocenters. The number of nitrogens with one attached hydrogen (secondary N) is 2. The number of nitrogens with zero attached hydrogens (tertiary/aromatic N) is 1. The van der Waals surface area contributed by atoms with Crippen LogP contribution in [0.1, 0.15) is 44.6 Å². The molecule has 4 nitrogen and oxygen atoms in total. The van der Waals surface area contributed by atoms with Crippen molar-refractivity contribution in [2.45, 2.75) is 51.1 Å². The monoisotopic (exact) mass is 301 g/mol. The first-order valence-electron chi connectivity index (χ1n) is 8.50. The number of anilines is 1. The number of carbonyl (C=O) groups excluding carboxylic acids is 1. The molecule has 0 unspecified atom stereocenters. The van der Waals surface area contributed by atoms with Crippen LogP contribution >= 0.6 is 0 Å². The van der Waals surface area contributed by atoms with Gasteiger partial charge in [0.25, 0.3) is 0 Å². The predicted molar refractivity (Wildman–Crippen MR) is 89.8 cm³/mol. The van der Waals surface area contributed by atoms with Crippen molar-refractivity contribution in [3.05, 3.63) is 29.8 Å². The van der Waals surface area contributed by atoms with Gasteiger partial charge >= 0.3 is 0 Å². The fourth-order valence-electron chi connectivity index (χ4n) is 3.95. The van der Waals surface area contributed by atoms with Crippen LogP contribution in [0, 0.1) is 0 Å². The summed E-state index contributed by atoms with van der Waals surface area (Å²) in [7, 11) is 0. The topological polar surface area (TPSA) is 44.4 Å². The molecule has 2 N–H and O–H groups in total. The second-order valence-corrected chi connectivity index (χ2v) is 6.76. The Morgan fingerprint density at radius 3 is 2.64 bits per heavy atom. The van der Waals surface area contributed by atoms with Crippen molar-refractivity contribution in [1.82, 2.24) is 10.2 Å². The molecule has 1 saturated heterocycles. The van der Waals surface area contributed by atoms with Gasteiger partial charge in [-0.2, -0.15) is 0 Å². The van der Waals surface area contributed by atoms with Crippen LogP contribution in [0.25, 0.3) is 0 Å². The molecule has 22 heavy (non-hydrogen) atoms. The number of rotatable bonds is 3. The maximum absolute atomic E-state index is 11.1. The van der Waals surface area contributed by atoms with Crippen molar-refractivity contribution < 1.29 is 4.79 Å². The van der Waals surface area contributed by atoms with E-state index in [-0.39, 0.29) is 5.91 Å². The largest absolute Gasteiger partial charge is 0.326 e. The molecule has 4 heteroatoms. The first kappa shape index (κ1) is 15.5. The molecule has 1 amide bonds. The standard InChI is InChI=1S/C18H27N3O/c1-15(22)20-17-7-5-16(6-8-17)13-21-12-11-19-14-18(21)9-3-2-4-10-18/h5-8,19H,2-4,9-14H2,1H3,(H,20,22). The average Bonchev–Trinajstić information content (AvgIpc) is 2.52. The lowest BCUT2D eigenvalue weighted by molar-refractivity contribution is -0.114. The number of piperazine rings is 1. The van der Waals surface area contributed by atoms with E-state index < -0.39 is 0 Å². The van der Waals surface area contributed by atoms with Gasteiger partial charge in [0.15, 0.2) is 0 Å². The predicted octanol–water partition coefficient (Wildman–Crippen LogP) is 2.75. The Kier molecular flexibility index (Phi) is 4.79. The zero-order valence-corrected chi connectivity index (χ0v) is 13.5. The first-order chi connectivity index (χ1) is 10.7. The summed E-state index contributed by atoms with van der Waals surface area (Å²) in [5.74, 6) is -0.0176. The van der Waals surface area contributed by atoms with Gasteiger partial charge in [-0.15, -0.1) is 0 Å². The number of carbonyl (C=O) groups is 1. The summed E-state index contributed by atoms with van der Waals surface area (Å²) in [4.78, 5) is 13.8. The van der Waals surface area contributed by atoms with Crippen LogP contribution in [0.3, 0.4) is 0 Å². The number of hydrogen-bond donors (Lipinski definition) is 2. The highest BCUT2D eigenvalue weighted by Gasteiger charge is 2.39. The van der Waals surface area contributed by atoms with Gasteiger partial charge in [-0.1, -0.05) is 31.4 Å². The Bertz CT molecular complexity index is 497. The minimum Gasteiger partial charge on any atom is -0.326 e. The van der Waals surface area contributed by atoms with Crippen molar-refractivity contribution in [2.24, 2.45) is 0 Å². The molecule has 2 fully saturated rings. The Hall–Kier alpha value is -1.39. The Labute approximate surface area is 133 Å². The highest BCUT2D eigenvalue weighted by Crippen LogP contribution is 2.35. The van der Waals surface area contributed by atoms with Crippen LogP contribution < -0.4 is 10.6 Å². The highest BCUT2D eigenvalue weighted by atomic mass is 16.1. The van der Waals surface area contributed by atoms with Crippen LogP contribution in [-0.4, -0.2) is 36.0 Å². The van der Waals surface area contributed by atoms with E-state index in [1.165, 1.54) is 37.7 Å². The summed E-state index contributed by atoms with van der Waals surface area (Å²) < 4.78 is 0. The van der Waals surface area contributed by atoms with Crippen molar-refractivity contribution in [2.75, 3.05) is 25.0 Å². The molecule has 1 heterocycles. The molecule has 1 saturated carbocycles. The lowest BCUT2D eigenvalue weighted by Crippen LogP contribution is -2.61. The van der Waals surface area contributed by atoms with Gasteiger partial charge in [-0.3, -0.25) is 9.69 Å². The molecular weight excluding hydrogens is 274 g/mol. The maximum atomic E-state index is 11.1. The Balaban J connectivity index is 1.68. The minimum atomic E-state index is -0.0176. The van der Waals surface area contributed by atoms with Gasteiger partial charge in [0.1, 0.15) is 0 Å². The lowest BCUT2D eigenvalue weighted by atomic mass is 9.79. The van der Waals surface area contributed by atoms with Crippen molar-refractivity contribution in [3.63, 3.8) is 0 Å². The average molecular weight is 301 g/mol. The summed E-state index contributed by atoms with van der Waals surface area (Å²) in [6.45, 7) is 5.92. The van der Waals surface area contributed by atoms with E-state index >= 15 is 0 Å². The number of amides is 1. The van der Waals surface area contributed by atoms with E-state index in [0.717, 1.165) is 31.9 Å². The molecule has 1 aromatic rings. The minimum absolute atomic E-state index is 0.0176. The Morgan fingerprint density at radius 1 is 1.23 bits per heavy atom. The number of hydrogen-bond acceptors (Lipinski definition) is 3. The van der Waals surface area contributed by atoms with Crippen LogP contribution in [-0.2, 0) is 11.3 Å². The van der Waals surface area contributed by atoms with Gasteiger partial charge in [0.05, 0.1) is 0 Å². The molecule has 1 spiro atoms. The number of benzene rings is 1. The molecule has 1 aliphatic carbocycles. The van der Waals surface area contributed by atoms with Gasteiger partial charge in [0.2, 0.25) is 5.91 Å². The van der Waals surface area contributed by atoms with E-state index in [4.69, 9.17) is 0 Å². The van der Waals surface area contributed by atoms with Gasteiger partial charge in [0, 0.05) is 44.3 Å². The van der Waals surface area contributed by atoms with Gasteiger partial charge in [-0.25, -0.2) is 0 Å². The third kappa shape index (κ3) is 3.50. The summed E-state index contributed by atoms with van der Waals surface area (Å²) in [5, 5.41) is 6.43. The molecule has 1 aliphatic heterocycles. The van der Waals surface area contributed by atoms with E-state index in [0.29, 0.717) is 5.54 Å². The smallest absolute Gasteiger partial charge is 0.221 e. The lowest BCUT2D eigenvalue weighted by Gasteiger charge is -2.50. The van der Waals surface area contributed by atoms with E-state index in [1.54, 1.807) is 6.92 Å². The second kappa shape index (κ2) is 6.80. The van der Waals surface area contributed by atoms with Crippen LogP contribution in [0.2, 0.25) is 0 Å². The molecule has 2 aliphatic rings. The van der Waals surface area contributed by atoms with E-state index in [2.05, 4.69) is 27.7 Å². The SMILES string of the molecule is CC(=O)Nc1ccc(CN2CCNCC23CCCCC3)cc1. The van der Waals surface area contributed by atoms with Crippen LogP contribution in [0.4, 0.5) is 5.69 Å². The third-order valence-corrected chi connectivity index (χ3v) is 5.12. The molecular formula is C18H27N3O. The van der Waals surface area contributed by atoms with Crippen molar-refractivity contribution in [1.29, 1.82) is 0 Å². The molecule has 1 aromatic carbocycles. The highest BCUT2D eigenvalue weighted by molar-refractivity contribution is 5.88. The zero-order chi connectivity index (χ0) is 15.4. The summed E-state index contributed by atoms with van der Waals surface area (Å²) in [6, 6.07) is 8.30. The molecule has 0 bridgehead atoms. The van der Waals surface area contributed by atoms with Crippen molar-refractivity contribution in [3.8, 4) is 0 Å². The van der Waals surface area contributed by atoms with E-state index in [1.807, 2.05) is 12.1 Å². The summed E-state index contributed by atoms with van der Waals surface area (Å²) >= 11 is 0. The molecule has 0 radical (unpaired) electrons.